The van der Waals surface area contributed by atoms with E-state index in [4.69, 9.17) is 14.0 Å². The van der Waals surface area contributed by atoms with E-state index in [-0.39, 0.29) is 6.03 Å². The van der Waals surface area contributed by atoms with Crippen molar-refractivity contribution < 1.29 is 32.0 Å². The number of rotatable bonds is 6. The minimum absolute atomic E-state index is 0.305. The molecule has 3 aromatic rings. The van der Waals surface area contributed by atoms with Crippen LogP contribution in [0.2, 0.25) is 0 Å². The van der Waals surface area contributed by atoms with Gasteiger partial charge in [-0.1, -0.05) is 5.16 Å². The summed E-state index contributed by atoms with van der Waals surface area (Å²) in [5.74, 6) is 2.05. The number of nitrogens with one attached hydrogen (secondary N) is 1. The van der Waals surface area contributed by atoms with E-state index in [1.54, 1.807) is 37.3 Å². The number of methoxy groups -OCH3 is 2. The number of ether oxygens (including phenoxy) is 2. The van der Waals surface area contributed by atoms with Gasteiger partial charge in [-0.2, -0.15) is 18.2 Å². The average Bonchev–Trinajstić information content (AvgIpc) is 3.32. The van der Waals surface area contributed by atoms with Crippen molar-refractivity contribution in [3.63, 3.8) is 0 Å². The number of carbonyl (C=O) groups excluding carboxylic acids is 1. The van der Waals surface area contributed by atoms with Crippen LogP contribution < -0.4 is 14.8 Å². The van der Waals surface area contributed by atoms with Crippen molar-refractivity contribution in [2.24, 2.45) is 0 Å². The van der Waals surface area contributed by atoms with Crippen LogP contribution in [-0.2, 0) is 12.7 Å². The molecule has 1 aliphatic heterocycles. The smallest absolute Gasteiger partial charge is 0.416 e. The largest absolute Gasteiger partial charge is 0.497 e. The van der Waals surface area contributed by atoms with Gasteiger partial charge < -0.3 is 24.2 Å². The fourth-order valence-corrected chi connectivity index (χ4v) is 3.62. The van der Waals surface area contributed by atoms with Crippen molar-refractivity contribution in [3.8, 4) is 23.0 Å². The highest BCUT2D eigenvalue weighted by atomic mass is 19.4. The molecule has 1 aromatic heterocycles. The first-order valence-electron chi connectivity index (χ1n) is 10.8. The minimum atomic E-state index is -4.42. The van der Waals surface area contributed by atoms with Crippen LogP contribution in [-0.4, -0.2) is 66.4 Å². The van der Waals surface area contributed by atoms with Gasteiger partial charge in [0.1, 0.15) is 11.5 Å². The molecule has 186 valence electrons. The lowest BCUT2D eigenvalue weighted by molar-refractivity contribution is -0.137. The molecule has 0 aliphatic carbocycles. The highest BCUT2D eigenvalue weighted by molar-refractivity contribution is 5.89. The van der Waals surface area contributed by atoms with Crippen LogP contribution in [0.3, 0.4) is 0 Å². The van der Waals surface area contributed by atoms with E-state index in [0.29, 0.717) is 67.2 Å². The molecule has 12 heteroatoms. The summed E-state index contributed by atoms with van der Waals surface area (Å²) in [4.78, 5) is 20.6. The number of aromatic nitrogens is 2. The summed E-state index contributed by atoms with van der Waals surface area (Å²) >= 11 is 0. The van der Waals surface area contributed by atoms with E-state index in [2.05, 4.69) is 20.4 Å². The molecule has 2 heterocycles. The van der Waals surface area contributed by atoms with Gasteiger partial charge in [-0.05, 0) is 36.4 Å². The molecule has 0 saturated carbocycles. The summed E-state index contributed by atoms with van der Waals surface area (Å²) in [5.41, 5.74) is 0.211. The topological polar surface area (TPSA) is 93.0 Å². The molecule has 0 atom stereocenters. The Morgan fingerprint density at radius 1 is 1.03 bits per heavy atom. The molecule has 2 amide bonds. The molecule has 4 rings (SSSR count). The SMILES string of the molecule is COc1cc(OC)cc(-c2nc(CN3CCN(C(=O)Nc4ccc(C(F)(F)F)cc4)CC3)no2)c1. The Hall–Kier alpha value is -3.80. The van der Waals surface area contributed by atoms with Crippen LogP contribution in [0.4, 0.5) is 23.7 Å². The van der Waals surface area contributed by atoms with E-state index in [1.807, 2.05) is 0 Å². The highest BCUT2D eigenvalue weighted by Gasteiger charge is 2.30. The maximum atomic E-state index is 12.7. The van der Waals surface area contributed by atoms with E-state index in [1.165, 1.54) is 12.1 Å². The summed E-state index contributed by atoms with van der Waals surface area (Å²) in [6.07, 6.45) is -4.42. The summed E-state index contributed by atoms with van der Waals surface area (Å²) < 4.78 is 54.0. The first-order valence-corrected chi connectivity index (χ1v) is 10.8. The monoisotopic (exact) mass is 491 g/mol. The lowest BCUT2D eigenvalue weighted by Crippen LogP contribution is -2.49. The normalized spacial score (nSPS) is 14.6. The first kappa shape index (κ1) is 24.3. The second kappa shape index (κ2) is 10.2. The number of amides is 2. The minimum Gasteiger partial charge on any atom is -0.497 e. The van der Waals surface area contributed by atoms with Crippen LogP contribution in [0.5, 0.6) is 11.5 Å². The van der Waals surface area contributed by atoms with Crippen LogP contribution >= 0.6 is 0 Å². The van der Waals surface area contributed by atoms with Gasteiger partial charge in [0.2, 0.25) is 0 Å². The Morgan fingerprint density at radius 2 is 1.66 bits per heavy atom. The standard InChI is InChI=1S/C23H24F3N5O4/c1-33-18-11-15(12-19(13-18)34-2)21-28-20(29-35-21)14-30-7-9-31(10-8-30)22(32)27-17-5-3-16(4-6-17)23(24,25)26/h3-6,11-13H,7-10,14H2,1-2H3,(H,27,32). The third-order valence-electron chi connectivity index (χ3n) is 5.55. The fraction of sp³-hybridized carbons (Fsp3) is 0.348. The molecule has 9 nitrogen and oxygen atoms in total. The van der Waals surface area contributed by atoms with Crippen LogP contribution in [0.15, 0.2) is 47.0 Å². The first-order chi connectivity index (χ1) is 16.7. The Labute approximate surface area is 199 Å². The predicted octanol–water partition coefficient (Wildman–Crippen LogP) is 4.12. The number of nitrogens with zero attached hydrogens (tertiary/aromatic N) is 4. The molecule has 0 radical (unpaired) electrons. The van der Waals surface area contributed by atoms with Crippen LogP contribution in [0.25, 0.3) is 11.5 Å². The molecule has 0 bridgehead atoms. The quantitative estimate of drug-likeness (QED) is 0.555. The van der Waals surface area contributed by atoms with Gasteiger partial charge in [-0.3, -0.25) is 4.90 Å². The number of alkyl halides is 3. The zero-order valence-corrected chi connectivity index (χ0v) is 19.1. The number of hydrogen-bond acceptors (Lipinski definition) is 7. The van der Waals surface area contributed by atoms with E-state index in [0.717, 1.165) is 12.1 Å². The van der Waals surface area contributed by atoms with Crippen molar-refractivity contribution in [2.45, 2.75) is 12.7 Å². The number of carbonyl (C=O) groups is 1. The number of benzene rings is 2. The van der Waals surface area contributed by atoms with Crippen molar-refractivity contribution >= 4 is 11.7 Å². The van der Waals surface area contributed by atoms with Gasteiger partial charge in [0.15, 0.2) is 5.82 Å². The Balaban J connectivity index is 1.30. The van der Waals surface area contributed by atoms with Crippen molar-refractivity contribution in [2.75, 3.05) is 45.7 Å². The fourth-order valence-electron chi connectivity index (χ4n) is 3.62. The second-order valence-corrected chi connectivity index (χ2v) is 7.89. The molecule has 1 saturated heterocycles. The Bertz CT molecular complexity index is 1140. The zero-order valence-electron chi connectivity index (χ0n) is 19.1. The number of anilines is 1. The number of urea groups is 1. The Kier molecular flexibility index (Phi) is 7.10. The van der Waals surface area contributed by atoms with Gasteiger partial charge >= 0.3 is 12.2 Å². The van der Waals surface area contributed by atoms with Crippen molar-refractivity contribution in [3.05, 3.63) is 53.9 Å². The third kappa shape index (κ3) is 6.01. The number of piperazine rings is 1. The molecule has 0 spiro atoms. The lowest BCUT2D eigenvalue weighted by atomic mass is 10.2. The maximum absolute atomic E-state index is 12.7. The van der Waals surface area contributed by atoms with E-state index in [9.17, 15) is 18.0 Å². The van der Waals surface area contributed by atoms with Gasteiger partial charge in [-0.25, -0.2) is 4.79 Å². The van der Waals surface area contributed by atoms with E-state index < -0.39 is 11.7 Å². The lowest BCUT2D eigenvalue weighted by Gasteiger charge is -2.34. The number of hydrogen-bond donors (Lipinski definition) is 1. The summed E-state index contributed by atoms with van der Waals surface area (Å²) in [5, 5.41) is 6.69. The van der Waals surface area contributed by atoms with Gasteiger partial charge in [0.05, 0.1) is 26.3 Å². The second-order valence-electron chi connectivity index (χ2n) is 7.89. The van der Waals surface area contributed by atoms with Crippen LogP contribution in [0.1, 0.15) is 11.4 Å². The summed E-state index contributed by atoms with van der Waals surface area (Å²) in [7, 11) is 3.11. The van der Waals surface area contributed by atoms with E-state index >= 15 is 0 Å². The molecule has 2 aromatic carbocycles. The third-order valence-corrected chi connectivity index (χ3v) is 5.55. The zero-order chi connectivity index (χ0) is 25.0. The number of halogens is 3. The molecular formula is C23H24F3N5O4. The summed E-state index contributed by atoms with van der Waals surface area (Å²) in [6, 6.07) is 9.28. The van der Waals surface area contributed by atoms with Crippen molar-refractivity contribution in [1.82, 2.24) is 19.9 Å². The van der Waals surface area contributed by atoms with Crippen molar-refractivity contribution in [1.29, 1.82) is 0 Å². The van der Waals surface area contributed by atoms with Gasteiger partial charge in [-0.15, -0.1) is 0 Å². The highest BCUT2D eigenvalue weighted by Crippen LogP contribution is 2.30. The molecule has 1 N–H and O–H groups in total. The van der Waals surface area contributed by atoms with Gasteiger partial charge in [0.25, 0.3) is 5.89 Å². The van der Waals surface area contributed by atoms with Crippen LogP contribution in [0, 0.1) is 0 Å². The van der Waals surface area contributed by atoms with Gasteiger partial charge in [0, 0.05) is 43.5 Å². The molecular weight excluding hydrogens is 467 g/mol. The Morgan fingerprint density at radius 3 is 2.23 bits per heavy atom. The maximum Gasteiger partial charge on any atom is 0.416 e. The average molecular weight is 491 g/mol. The molecule has 35 heavy (non-hydrogen) atoms. The predicted molar refractivity (Wildman–Crippen MR) is 120 cm³/mol. The molecule has 1 fully saturated rings. The molecule has 1 aliphatic rings. The summed E-state index contributed by atoms with van der Waals surface area (Å²) in [6.45, 7) is 2.50. The molecule has 0 unspecified atom stereocenters.